The number of rotatable bonds is 11. The first-order chi connectivity index (χ1) is 16.7. The van der Waals surface area contributed by atoms with Gasteiger partial charge < -0.3 is 23.8 Å². The van der Waals surface area contributed by atoms with E-state index in [-0.39, 0.29) is 19.6 Å². The quantitative estimate of drug-likeness (QED) is 0.366. The lowest BCUT2D eigenvalue weighted by Gasteiger charge is -2.42. The number of hydrogen-bond acceptors (Lipinski definition) is 8. The zero-order chi connectivity index (χ0) is 23.8. The molecular formula is C26H31NO7. The van der Waals surface area contributed by atoms with E-state index in [0.717, 1.165) is 24.0 Å². The van der Waals surface area contributed by atoms with E-state index in [1.807, 2.05) is 67.6 Å². The second kappa shape index (κ2) is 12.1. The van der Waals surface area contributed by atoms with E-state index in [9.17, 15) is 9.59 Å². The highest BCUT2D eigenvalue weighted by Gasteiger charge is 2.54. The van der Waals surface area contributed by atoms with Crippen LogP contribution in [0, 0.1) is 0 Å². The Labute approximate surface area is 199 Å². The van der Waals surface area contributed by atoms with E-state index in [2.05, 4.69) is 0 Å². The van der Waals surface area contributed by atoms with Crippen molar-refractivity contribution >= 4 is 11.9 Å². The number of benzene rings is 2. The fraction of sp³-hybridized carbons (Fsp3) is 0.462. The molecular weight excluding hydrogens is 438 g/mol. The highest BCUT2D eigenvalue weighted by Crippen LogP contribution is 2.33. The molecule has 0 aliphatic carbocycles. The molecule has 2 fully saturated rings. The number of ether oxygens (including phenoxy) is 4. The van der Waals surface area contributed by atoms with Crippen molar-refractivity contribution in [2.75, 3.05) is 13.2 Å². The molecule has 182 valence electrons. The standard InChI is InChI=1S/C26H31NO7/c1-2-3-14-31-26(29)25-27-21(15-23(28)34-27)24(32-17-20-12-8-5-9-13-20)22(33-25)18-30-16-19-10-6-4-7-11-19/h4-13,21-22,24-25H,2-3,14-18H2,1H3/t21-,22+,24-,25+/m0/s1. The van der Waals surface area contributed by atoms with Crippen molar-refractivity contribution in [3.05, 3.63) is 71.8 Å². The molecule has 8 nitrogen and oxygen atoms in total. The molecule has 0 N–H and O–H groups in total. The van der Waals surface area contributed by atoms with E-state index in [0.29, 0.717) is 13.2 Å². The van der Waals surface area contributed by atoms with Crippen LogP contribution >= 0.6 is 0 Å². The van der Waals surface area contributed by atoms with Crippen LogP contribution in [0.25, 0.3) is 0 Å². The van der Waals surface area contributed by atoms with Gasteiger partial charge in [0.2, 0.25) is 6.23 Å². The van der Waals surface area contributed by atoms with E-state index < -0.39 is 36.4 Å². The number of hydrogen-bond donors (Lipinski definition) is 0. The fourth-order valence-corrected chi connectivity index (χ4v) is 4.05. The summed E-state index contributed by atoms with van der Waals surface area (Å²) in [6.45, 7) is 3.20. The van der Waals surface area contributed by atoms with Crippen LogP contribution < -0.4 is 0 Å². The lowest BCUT2D eigenvalue weighted by atomic mass is 10.00. The zero-order valence-electron chi connectivity index (χ0n) is 19.3. The first-order valence-electron chi connectivity index (χ1n) is 11.7. The minimum absolute atomic E-state index is 0.0940. The Morgan fingerprint density at radius 3 is 2.38 bits per heavy atom. The Morgan fingerprint density at radius 1 is 1.03 bits per heavy atom. The molecule has 2 aliphatic heterocycles. The average molecular weight is 470 g/mol. The molecule has 8 heteroatoms. The van der Waals surface area contributed by atoms with Crippen LogP contribution in [0.2, 0.25) is 0 Å². The second-order valence-electron chi connectivity index (χ2n) is 8.40. The summed E-state index contributed by atoms with van der Waals surface area (Å²) in [4.78, 5) is 30.3. The van der Waals surface area contributed by atoms with Crippen LogP contribution in [0.3, 0.4) is 0 Å². The Kier molecular flexibility index (Phi) is 8.65. The first-order valence-corrected chi connectivity index (χ1v) is 11.7. The minimum atomic E-state index is -1.16. The molecule has 2 saturated heterocycles. The molecule has 2 aromatic carbocycles. The number of unbranched alkanes of at least 4 members (excludes halogenated alkanes) is 1. The molecule has 0 amide bonds. The monoisotopic (exact) mass is 469 g/mol. The molecule has 34 heavy (non-hydrogen) atoms. The summed E-state index contributed by atoms with van der Waals surface area (Å²) in [5.74, 6) is -1.01. The summed E-state index contributed by atoms with van der Waals surface area (Å²) in [6, 6.07) is 19.1. The van der Waals surface area contributed by atoms with Gasteiger partial charge in [-0.2, -0.15) is 0 Å². The molecule has 4 atom stereocenters. The SMILES string of the molecule is CCCCOC(=O)[C@H]1O[C@H](COCc2ccccc2)[C@@H](OCc2ccccc2)[C@@H]2CC(=O)ON12. The molecule has 2 heterocycles. The van der Waals surface area contributed by atoms with Gasteiger partial charge >= 0.3 is 11.9 Å². The number of esters is 1. The minimum Gasteiger partial charge on any atom is -0.463 e. The number of nitrogens with zero attached hydrogens (tertiary/aromatic N) is 1. The second-order valence-corrected chi connectivity index (χ2v) is 8.40. The van der Waals surface area contributed by atoms with Crippen molar-refractivity contribution in [2.24, 2.45) is 0 Å². The Balaban J connectivity index is 1.48. The van der Waals surface area contributed by atoms with Gasteiger partial charge in [0.15, 0.2) is 0 Å². The van der Waals surface area contributed by atoms with Gasteiger partial charge in [-0.15, -0.1) is 0 Å². The van der Waals surface area contributed by atoms with Gasteiger partial charge in [-0.1, -0.05) is 79.1 Å². The molecule has 0 saturated carbocycles. The van der Waals surface area contributed by atoms with Crippen molar-refractivity contribution in [1.29, 1.82) is 0 Å². The summed E-state index contributed by atoms with van der Waals surface area (Å²) in [5.41, 5.74) is 2.01. The molecule has 0 unspecified atom stereocenters. The highest BCUT2D eigenvalue weighted by molar-refractivity contribution is 5.77. The van der Waals surface area contributed by atoms with Crippen molar-refractivity contribution < 1.29 is 33.4 Å². The number of carbonyl (C=O) groups is 2. The third-order valence-corrected chi connectivity index (χ3v) is 5.81. The summed E-state index contributed by atoms with van der Waals surface area (Å²) < 4.78 is 23.7. The van der Waals surface area contributed by atoms with Crippen LogP contribution in [0.4, 0.5) is 0 Å². The highest BCUT2D eigenvalue weighted by atomic mass is 16.8. The molecule has 0 bridgehead atoms. The maximum Gasteiger partial charge on any atom is 0.353 e. The number of fused-ring (bicyclic) bond motifs is 1. The van der Waals surface area contributed by atoms with Gasteiger partial charge in [0.25, 0.3) is 0 Å². The van der Waals surface area contributed by atoms with Gasteiger partial charge in [0.05, 0.1) is 38.9 Å². The molecule has 0 aromatic heterocycles. The third-order valence-electron chi connectivity index (χ3n) is 5.81. The van der Waals surface area contributed by atoms with Crippen LogP contribution in [-0.2, 0) is 46.6 Å². The van der Waals surface area contributed by atoms with Gasteiger partial charge in [0.1, 0.15) is 12.2 Å². The number of carbonyl (C=O) groups excluding carboxylic acids is 2. The topological polar surface area (TPSA) is 83.5 Å². The molecule has 2 aliphatic rings. The normalized spacial score (nSPS) is 24.4. The van der Waals surface area contributed by atoms with Gasteiger partial charge in [0, 0.05) is 0 Å². The van der Waals surface area contributed by atoms with E-state index in [1.165, 1.54) is 5.06 Å². The van der Waals surface area contributed by atoms with E-state index >= 15 is 0 Å². The zero-order valence-corrected chi connectivity index (χ0v) is 19.3. The van der Waals surface area contributed by atoms with Crippen molar-refractivity contribution in [2.45, 2.75) is 63.9 Å². The predicted molar refractivity (Wildman–Crippen MR) is 122 cm³/mol. The van der Waals surface area contributed by atoms with Crippen LogP contribution in [0.15, 0.2) is 60.7 Å². The summed E-state index contributed by atoms with van der Waals surface area (Å²) in [7, 11) is 0. The lowest BCUT2D eigenvalue weighted by molar-refractivity contribution is -0.307. The predicted octanol–water partition coefficient (Wildman–Crippen LogP) is 3.39. The molecule has 4 rings (SSSR count). The Bertz CT molecular complexity index is 923. The van der Waals surface area contributed by atoms with Crippen molar-refractivity contribution in [1.82, 2.24) is 5.06 Å². The Hall–Kier alpha value is -2.78. The van der Waals surface area contributed by atoms with Gasteiger partial charge in [-0.3, -0.25) is 4.79 Å². The van der Waals surface area contributed by atoms with E-state index in [4.69, 9.17) is 23.8 Å². The first kappa shape index (κ1) is 24.3. The summed E-state index contributed by atoms with van der Waals surface area (Å²) in [6.07, 6.45) is -0.555. The lowest BCUT2D eigenvalue weighted by Crippen LogP contribution is -2.62. The summed E-state index contributed by atoms with van der Waals surface area (Å²) >= 11 is 0. The molecule has 0 spiro atoms. The van der Waals surface area contributed by atoms with Gasteiger partial charge in [-0.25, -0.2) is 4.79 Å². The van der Waals surface area contributed by atoms with Crippen LogP contribution in [0.1, 0.15) is 37.3 Å². The third kappa shape index (κ3) is 6.21. The maximum absolute atomic E-state index is 12.8. The molecule has 2 aromatic rings. The van der Waals surface area contributed by atoms with Crippen LogP contribution in [0.5, 0.6) is 0 Å². The van der Waals surface area contributed by atoms with Crippen molar-refractivity contribution in [3.8, 4) is 0 Å². The average Bonchev–Trinajstić information content (AvgIpc) is 3.25. The number of hydroxylamine groups is 2. The maximum atomic E-state index is 12.8. The van der Waals surface area contributed by atoms with Crippen LogP contribution in [-0.4, -0.2) is 54.7 Å². The van der Waals surface area contributed by atoms with E-state index in [1.54, 1.807) is 0 Å². The Morgan fingerprint density at radius 2 is 1.71 bits per heavy atom. The fourth-order valence-electron chi connectivity index (χ4n) is 4.05. The smallest absolute Gasteiger partial charge is 0.353 e. The van der Waals surface area contributed by atoms with Gasteiger partial charge in [-0.05, 0) is 17.5 Å². The van der Waals surface area contributed by atoms with Crippen molar-refractivity contribution in [3.63, 3.8) is 0 Å². The molecule has 0 radical (unpaired) electrons. The summed E-state index contributed by atoms with van der Waals surface area (Å²) in [5, 5.41) is 1.29. The largest absolute Gasteiger partial charge is 0.463 e.